The normalized spacial score (nSPS) is 16.5. The average molecular weight is 369 g/mol. The van der Waals surface area contributed by atoms with E-state index in [1.54, 1.807) is 6.07 Å². The summed E-state index contributed by atoms with van der Waals surface area (Å²) in [4.78, 5) is 25.0. The zero-order valence-electron chi connectivity index (χ0n) is 16.5. The largest absolute Gasteiger partial charge is 0.454 e. The van der Waals surface area contributed by atoms with Crippen LogP contribution >= 0.6 is 0 Å². The summed E-state index contributed by atoms with van der Waals surface area (Å²) >= 11 is 0. The van der Waals surface area contributed by atoms with Gasteiger partial charge in [-0.3, -0.25) is 4.79 Å². The molecule has 5 nitrogen and oxygen atoms in total. The number of Topliss-reactive ketones (excluding diaryl/α,β-unsaturated/α-hetero) is 1. The van der Waals surface area contributed by atoms with Gasteiger partial charge in [-0.1, -0.05) is 17.7 Å². The Morgan fingerprint density at radius 3 is 2.63 bits per heavy atom. The first-order chi connectivity index (χ1) is 12.9. The number of nitrogens with zero attached hydrogens (tertiary/aromatic N) is 1. The van der Waals surface area contributed by atoms with E-state index in [4.69, 9.17) is 9.47 Å². The van der Waals surface area contributed by atoms with Gasteiger partial charge in [0.2, 0.25) is 5.78 Å². The van der Waals surface area contributed by atoms with Gasteiger partial charge in [0.15, 0.2) is 6.61 Å². The molecule has 0 saturated carbocycles. The van der Waals surface area contributed by atoms with Gasteiger partial charge >= 0.3 is 5.97 Å². The van der Waals surface area contributed by atoms with Gasteiger partial charge in [-0.25, -0.2) is 4.79 Å². The third-order valence-corrected chi connectivity index (χ3v) is 5.23. The third-order valence-electron chi connectivity index (χ3n) is 5.23. The van der Waals surface area contributed by atoms with Gasteiger partial charge < -0.3 is 14.0 Å². The van der Waals surface area contributed by atoms with E-state index in [0.717, 1.165) is 48.5 Å². The van der Waals surface area contributed by atoms with Crippen LogP contribution in [0.5, 0.6) is 0 Å². The standard InChI is InChI=1S/C22H27NO4/c1-14-7-8-15(2)19(10-14)22(25)27-13-21(24)20-11-16(3)23(17(20)4)12-18-6-5-9-26-18/h7-8,10-11,18H,5-6,9,12-13H2,1-4H3/t18-/m0/s1. The Balaban J connectivity index is 1.67. The molecule has 5 heteroatoms. The zero-order chi connectivity index (χ0) is 19.6. The van der Waals surface area contributed by atoms with Gasteiger partial charge in [-0.05, 0) is 58.2 Å². The number of ketones is 1. The summed E-state index contributed by atoms with van der Waals surface area (Å²) in [5.41, 5.74) is 4.86. The van der Waals surface area contributed by atoms with Crippen molar-refractivity contribution in [3.63, 3.8) is 0 Å². The second kappa shape index (κ2) is 8.09. The summed E-state index contributed by atoms with van der Waals surface area (Å²) in [6.45, 7) is 9.01. The Hall–Kier alpha value is -2.40. The van der Waals surface area contributed by atoms with E-state index < -0.39 is 5.97 Å². The SMILES string of the molecule is Cc1ccc(C)c(C(=O)OCC(=O)c2cc(C)n(C[C@@H]3CCCO3)c2C)c1. The number of hydrogen-bond donors (Lipinski definition) is 0. The maximum atomic E-state index is 12.6. The van der Waals surface area contributed by atoms with Gasteiger partial charge in [0, 0.05) is 30.1 Å². The minimum atomic E-state index is -0.460. The smallest absolute Gasteiger partial charge is 0.338 e. The Labute approximate surface area is 160 Å². The van der Waals surface area contributed by atoms with Crippen LogP contribution in [0.4, 0.5) is 0 Å². The van der Waals surface area contributed by atoms with Crippen molar-refractivity contribution in [3.05, 3.63) is 57.9 Å². The number of carbonyl (C=O) groups excluding carboxylic acids is 2. The Morgan fingerprint density at radius 1 is 1.15 bits per heavy atom. The van der Waals surface area contributed by atoms with E-state index in [-0.39, 0.29) is 18.5 Å². The number of aryl methyl sites for hydroxylation is 3. The quantitative estimate of drug-likeness (QED) is 0.572. The van der Waals surface area contributed by atoms with Gasteiger partial charge in [-0.15, -0.1) is 0 Å². The summed E-state index contributed by atoms with van der Waals surface area (Å²) in [6.07, 6.45) is 2.35. The predicted octanol–water partition coefficient (Wildman–Crippen LogP) is 3.94. The second-order valence-corrected chi connectivity index (χ2v) is 7.35. The van der Waals surface area contributed by atoms with Crippen LogP contribution in [0, 0.1) is 27.7 Å². The summed E-state index contributed by atoms with van der Waals surface area (Å²) in [7, 11) is 0. The second-order valence-electron chi connectivity index (χ2n) is 7.35. The number of aromatic nitrogens is 1. The number of benzene rings is 1. The first-order valence-electron chi connectivity index (χ1n) is 9.42. The van der Waals surface area contributed by atoms with Crippen molar-refractivity contribution in [2.24, 2.45) is 0 Å². The fraction of sp³-hybridized carbons (Fsp3) is 0.455. The molecule has 3 rings (SSSR count). The molecule has 1 fully saturated rings. The molecule has 1 aromatic heterocycles. The minimum Gasteiger partial charge on any atom is -0.454 e. The van der Waals surface area contributed by atoms with E-state index in [1.165, 1.54) is 0 Å². The lowest BCUT2D eigenvalue weighted by atomic mass is 10.1. The Kier molecular flexibility index (Phi) is 5.80. The molecule has 27 heavy (non-hydrogen) atoms. The highest BCUT2D eigenvalue weighted by molar-refractivity contribution is 6.00. The molecule has 0 bridgehead atoms. The van der Waals surface area contributed by atoms with E-state index in [1.807, 2.05) is 45.9 Å². The molecule has 0 N–H and O–H groups in total. The molecule has 1 aliphatic rings. The van der Waals surface area contributed by atoms with Crippen LogP contribution in [0.1, 0.15) is 56.1 Å². The maximum absolute atomic E-state index is 12.6. The molecule has 1 aromatic carbocycles. The van der Waals surface area contributed by atoms with Crippen molar-refractivity contribution < 1.29 is 19.1 Å². The lowest BCUT2D eigenvalue weighted by Crippen LogP contribution is -2.18. The number of rotatable bonds is 6. The lowest BCUT2D eigenvalue weighted by Gasteiger charge is -2.14. The Bertz CT molecular complexity index is 859. The van der Waals surface area contributed by atoms with Gasteiger partial charge in [0.25, 0.3) is 0 Å². The molecule has 0 radical (unpaired) electrons. The molecule has 0 unspecified atom stereocenters. The molecule has 0 aliphatic carbocycles. The molecule has 144 valence electrons. The van der Waals surface area contributed by atoms with E-state index in [2.05, 4.69) is 4.57 Å². The third kappa shape index (κ3) is 4.30. The van der Waals surface area contributed by atoms with Crippen LogP contribution in [-0.4, -0.2) is 35.6 Å². The molecular weight excluding hydrogens is 342 g/mol. The zero-order valence-corrected chi connectivity index (χ0v) is 16.5. The fourth-order valence-electron chi connectivity index (χ4n) is 3.60. The molecule has 0 amide bonds. The van der Waals surface area contributed by atoms with E-state index in [9.17, 15) is 9.59 Å². The number of ether oxygens (including phenoxy) is 2. The molecule has 0 spiro atoms. The van der Waals surface area contributed by atoms with Crippen LogP contribution < -0.4 is 0 Å². The average Bonchev–Trinajstić information content (AvgIpc) is 3.25. The predicted molar refractivity (Wildman–Crippen MR) is 103 cm³/mol. The van der Waals surface area contributed by atoms with Crippen LogP contribution in [0.15, 0.2) is 24.3 Å². The van der Waals surface area contributed by atoms with Crippen LogP contribution in [0.25, 0.3) is 0 Å². The molecule has 1 saturated heterocycles. The molecule has 1 aliphatic heterocycles. The van der Waals surface area contributed by atoms with Crippen molar-refractivity contribution >= 4 is 11.8 Å². The maximum Gasteiger partial charge on any atom is 0.338 e. The van der Waals surface area contributed by atoms with Gasteiger partial charge in [-0.2, -0.15) is 0 Å². The molecule has 2 heterocycles. The topological polar surface area (TPSA) is 57.5 Å². The molecular formula is C22H27NO4. The molecule has 2 aromatic rings. The Morgan fingerprint density at radius 2 is 1.93 bits per heavy atom. The highest BCUT2D eigenvalue weighted by Crippen LogP contribution is 2.21. The summed E-state index contributed by atoms with van der Waals surface area (Å²) < 4.78 is 13.1. The van der Waals surface area contributed by atoms with Gasteiger partial charge in [0.1, 0.15) is 0 Å². The van der Waals surface area contributed by atoms with Crippen molar-refractivity contribution in [1.82, 2.24) is 4.57 Å². The van der Waals surface area contributed by atoms with E-state index in [0.29, 0.717) is 11.1 Å². The number of hydrogen-bond acceptors (Lipinski definition) is 4. The highest BCUT2D eigenvalue weighted by atomic mass is 16.5. The van der Waals surface area contributed by atoms with Crippen LogP contribution in [0.3, 0.4) is 0 Å². The summed E-state index contributed by atoms with van der Waals surface area (Å²) in [5.74, 6) is -0.641. The summed E-state index contributed by atoms with van der Waals surface area (Å²) in [6, 6.07) is 7.49. The fourth-order valence-corrected chi connectivity index (χ4v) is 3.60. The summed E-state index contributed by atoms with van der Waals surface area (Å²) in [5, 5.41) is 0. The monoisotopic (exact) mass is 369 g/mol. The number of esters is 1. The minimum absolute atomic E-state index is 0.180. The first kappa shape index (κ1) is 19.4. The van der Waals surface area contributed by atoms with Crippen molar-refractivity contribution in [3.8, 4) is 0 Å². The van der Waals surface area contributed by atoms with Crippen LogP contribution in [0.2, 0.25) is 0 Å². The van der Waals surface area contributed by atoms with E-state index >= 15 is 0 Å². The molecule has 1 atom stereocenters. The van der Waals surface area contributed by atoms with Crippen molar-refractivity contribution in [2.75, 3.05) is 13.2 Å². The van der Waals surface area contributed by atoms with Crippen molar-refractivity contribution in [2.45, 2.75) is 53.2 Å². The van der Waals surface area contributed by atoms with Gasteiger partial charge in [0.05, 0.1) is 11.7 Å². The lowest BCUT2D eigenvalue weighted by molar-refractivity contribution is 0.0473. The van der Waals surface area contributed by atoms with Crippen LogP contribution in [-0.2, 0) is 16.0 Å². The van der Waals surface area contributed by atoms with Crippen molar-refractivity contribution in [1.29, 1.82) is 0 Å². The highest BCUT2D eigenvalue weighted by Gasteiger charge is 2.22. The number of carbonyl (C=O) groups is 2. The first-order valence-corrected chi connectivity index (χ1v) is 9.42.